The van der Waals surface area contributed by atoms with Gasteiger partial charge in [0.1, 0.15) is 24.0 Å². The highest BCUT2D eigenvalue weighted by Gasteiger charge is 2.33. The lowest BCUT2D eigenvalue weighted by molar-refractivity contribution is 0.0865. The average molecular weight is 442 g/mol. The van der Waals surface area contributed by atoms with Crippen molar-refractivity contribution in [3.63, 3.8) is 0 Å². The van der Waals surface area contributed by atoms with E-state index in [0.717, 1.165) is 28.2 Å². The molecule has 0 aromatic heterocycles. The van der Waals surface area contributed by atoms with Gasteiger partial charge < -0.3 is 14.2 Å². The molecule has 0 bridgehead atoms. The van der Waals surface area contributed by atoms with Crippen LogP contribution in [0.25, 0.3) is 6.08 Å². The molecule has 0 N–H and O–H groups in total. The molecule has 33 heavy (non-hydrogen) atoms. The molecule has 5 nitrogen and oxygen atoms in total. The number of allylic oxidation sites excluding steroid dienone is 1. The fourth-order valence-electron chi connectivity index (χ4n) is 4.31. The van der Waals surface area contributed by atoms with Crippen molar-refractivity contribution in [2.45, 2.75) is 32.9 Å². The number of carbonyl (C=O) groups is 1. The summed E-state index contributed by atoms with van der Waals surface area (Å²) in [6, 6.07) is 19.9. The van der Waals surface area contributed by atoms with Crippen molar-refractivity contribution >= 4 is 11.9 Å². The zero-order chi connectivity index (χ0) is 22.9. The molecule has 5 rings (SSSR count). The van der Waals surface area contributed by atoms with Gasteiger partial charge in [-0.1, -0.05) is 56.3 Å². The maximum absolute atomic E-state index is 13.1. The number of para-hydroxylation sites is 1. The van der Waals surface area contributed by atoms with Gasteiger partial charge in [0, 0.05) is 18.7 Å². The summed E-state index contributed by atoms with van der Waals surface area (Å²) < 4.78 is 17.6. The molecule has 0 amide bonds. The van der Waals surface area contributed by atoms with Crippen LogP contribution in [0.2, 0.25) is 0 Å². The van der Waals surface area contributed by atoms with Gasteiger partial charge in [0.2, 0.25) is 5.78 Å². The topological polar surface area (TPSA) is 48.0 Å². The van der Waals surface area contributed by atoms with Crippen LogP contribution in [0.15, 0.2) is 66.4 Å². The van der Waals surface area contributed by atoms with Crippen molar-refractivity contribution in [2.24, 2.45) is 0 Å². The van der Waals surface area contributed by atoms with Gasteiger partial charge in [0.05, 0.1) is 18.2 Å². The second-order valence-corrected chi connectivity index (χ2v) is 8.75. The molecule has 0 saturated heterocycles. The molecule has 3 aromatic carbocycles. The quantitative estimate of drug-likeness (QED) is 0.469. The fraction of sp³-hybridized carbons (Fsp3) is 0.250. The van der Waals surface area contributed by atoms with E-state index in [-0.39, 0.29) is 5.78 Å². The fourth-order valence-corrected chi connectivity index (χ4v) is 4.31. The van der Waals surface area contributed by atoms with Crippen molar-refractivity contribution < 1.29 is 19.0 Å². The molecule has 0 spiro atoms. The van der Waals surface area contributed by atoms with E-state index in [1.54, 1.807) is 13.2 Å². The van der Waals surface area contributed by atoms with Crippen LogP contribution >= 0.6 is 0 Å². The van der Waals surface area contributed by atoms with Gasteiger partial charge in [0.25, 0.3) is 0 Å². The van der Waals surface area contributed by atoms with Crippen LogP contribution in [0.4, 0.5) is 0 Å². The highest BCUT2D eigenvalue weighted by Crippen LogP contribution is 2.42. The van der Waals surface area contributed by atoms with Gasteiger partial charge in [-0.3, -0.25) is 9.69 Å². The number of ketones is 1. The molecule has 2 aliphatic heterocycles. The number of benzene rings is 3. The predicted octanol–water partition coefficient (Wildman–Crippen LogP) is 5.79. The molecule has 2 heterocycles. The van der Waals surface area contributed by atoms with Crippen molar-refractivity contribution in [2.75, 3.05) is 13.8 Å². The van der Waals surface area contributed by atoms with Gasteiger partial charge in [-0.25, -0.2) is 0 Å². The largest absolute Gasteiger partial charge is 0.496 e. The van der Waals surface area contributed by atoms with Crippen molar-refractivity contribution in [3.05, 3.63) is 94.2 Å². The third-order valence-electron chi connectivity index (χ3n) is 6.17. The lowest BCUT2D eigenvalue weighted by Crippen LogP contribution is -2.31. The maximum atomic E-state index is 13.1. The van der Waals surface area contributed by atoms with Gasteiger partial charge >= 0.3 is 0 Å². The summed E-state index contributed by atoms with van der Waals surface area (Å²) in [6.07, 6.45) is 1.81. The first kappa shape index (κ1) is 21.3. The number of nitrogens with zero attached hydrogens (tertiary/aromatic N) is 1. The molecule has 0 aliphatic carbocycles. The minimum Gasteiger partial charge on any atom is -0.496 e. The molecule has 3 aromatic rings. The number of Topliss-reactive ketones (excluding diaryl/α,β-unsaturated/α-hetero) is 1. The number of methoxy groups -OCH3 is 1. The van der Waals surface area contributed by atoms with E-state index in [1.165, 1.54) is 5.56 Å². The summed E-state index contributed by atoms with van der Waals surface area (Å²) in [5.41, 5.74) is 4.78. The third-order valence-corrected chi connectivity index (χ3v) is 6.17. The van der Waals surface area contributed by atoms with Crippen molar-refractivity contribution in [1.29, 1.82) is 0 Å². The Morgan fingerprint density at radius 2 is 1.85 bits per heavy atom. The molecule has 0 unspecified atom stereocenters. The number of fused-ring (bicyclic) bond motifs is 3. The lowest BCUT2D eigenvalue weighted by Gasteiger charge is -2.30. The van der Waals surface area contributed by atoms with E-state index in [2.05, 4.69) is 36.9 Å². The maximum Gasteiger partial charge on any atom is 0.231 e. The first-order chi connectivity index (χ1) is 16.0. The molecule has 2 aliphatic rings. The molecule has 168 valence electrons. The number of carbonyl (C=O) groups excluding carboxylic acids is 1. The van der Waals surface area contributed by atoms with E-state index in [4.69, 9.17) is 14.2 Å². The third kappa shape index (κ3) is 4.12. The molecule has 5 heteroatoms. The first-order valence-electron chi connectivity index (χ1n) is 11.2. The average Bonchev–Trinajstić information content (AvgIpc) is 3.15. The van der Waals surface area contributed by atoms with E-state index in [1.807, 2.05) is 42.5 Å². The number of hydrogen-bond acceptors (Lipinski definition) is 5. The molecule has 0 atom stereocenters. The Morgan fingerprint density at radius 1 is 1.06 bits per heavy atom. The highest BCUT2D eigenvalue weighted by molar-refractivity contribution is 6.15. The zero-order valence-electron chi connectivity index (χ0n) is 19.1. The van der Waals surface area contributed by atoms with Gasteiger partial charge in [-0.15, -0.1) is 0 Å². The number of rotatable bonds is 5. The molecular formula is C28H27NO4. The minimum atomic E-state index is -0.0948. The Bertz CT molecular complexity index is 1230. The first-order valence-corrected chi connectivity index (χ1v) is 11.2. The van der Waals surface area contributed by atoms with Crippen molar-refractivity contribution in [1.82, 2.24) is 4.90 Å². The smallest absolute Gasteiger partial charge is 0.231 e. The van der Waals surface area contributed by atoms with Gasteiger partial charge in [-0.05, 0) is 41.3 Å². The highest BCUT2D eigenvalue weighted by atomic mass is 16.5. The summed E-state index contributed by atoms with van der Waals surface area (Å²) in [5, 5.41) is 0. The van der Waals surface area contributed by atoms with Crippen LogP contribution in [-0.4, -0.2) is 24.5 Å². The summed E-state index contributed by atoms with van der Waals surface area (Å²) in [4.78, 5) is 15.2. The lowest BCUT2D eigenvalue weighted by atomic mass is 10.0. The summed E-state index contributed by atoms with van der Waals surface area (Å²) in [5.74, 6) is 2.93. The monoisotopic (exact) mass is 441 g/mol. The van der Waals surface area contributed by atoms with Crippen LogP contribution in [0.5, 0.6) is 17.2 Å². The molecule has 0 saturated carbocycles. The summed E-state index contributed by atoms with van der Waals surface area (Å²) in [7, 11) is 1.68. The van der Waals surface area contributed by atoms with E-state index < -0.39 is 0 Å². The molecule has 0 radical (unpaired) electrons. The zero-order valence-corrected chi connectivity index (χ0v) is 19.1. The molecular weight excluding hydrogens is 414 g/mol. The second-order valence-electron chi connectivity index (χ2n) is 8.75. The Labute approximate surface area is 194 Å². The Morgan fingerprint density at radius 3 is 2.61 bits per heavy atom. The molecule has 0 fully saturated rings. The van der Waals surface area contributed by atoms with Gasteiger partial charge in [0.15, 0.2) is 5.76 Å². The van der Waals surface area contributed by atoms with Crippen LogP contribution in [0, 0.1) is 0 Å². The SMILES string of the molecule is COc1ccccc1CN1COc2ccc3c(c2C1)O/C(=C\c1ccc(C(C)C)cc1)C3=O. The second kappa shape index (κ2) is 8.75. The van der Waals surface area contributed by atoms with Crippen LogP contribution in [-0.2, 0) is 13.1 Å². The van der Waals surface area contributed by atoms with Crippen LogP contribution in [0.1, 0.15) is 52.4 Å². The van der Waals surface area contributed by atoms with Crippen LogP contribution in [0.3, 0.4) is 0 Å². The van der Waals surface area contributed by atoms with Crippen molar-refractivity contribution in [3.8, 4) is 17.2 Å². The van der Waals surface area contributed by atoms with Crippen LogP contribution < -0.4 is 14.2 Å². The van der Waals surface area contributed by atoms with E-state index >= 15 is 0 Å². The van der Waals surface area contributed by atoms with E-state index in [9.17, 15) is 4.79 Å². The Balaban J connectivity index is 1.40. The predicted molar refractivity (Wildman–Crippen MR) is 128 cm³/mol. The normalized spacial score (nSPS) is 16.4. The number of hydrogen-bond donors (Lipinski definition) is 0. The van der Waals surface area contributed by atoms with Gasteiger partial charge in [-0.2, -0.15) is 0 Å². The van der Waals surface area contributed by atoms with E-state index in [0.29, 0.717) is 42.8 Å². The Kier molecular flexibility index (Phi) is 5.65. The Hall–Kier alpha value is -3.57. The standard InChI is InChI=1S/C28H27NO4/c1-18(2)20-10-8-19(9-11-20)14-26-27(30)22-12-13-25-23(28(22)33-26)16-29(17-32-25)15-21-6-4-5-7-24(21)31-3/h4-14,18H,15-17H2,1-3H3/b26-14-. The summed E-state index contributed by atoms with van der Waals surface area (Å²) >= 11 is 0. The minimum absolute atomic E-state index is 0.0948. The number of ether oxygens (including phenoxy) is 3. The summed E-state index contributed by atoms with van der Waals surface area (Å²) in [6.45, 7) is 6.08.